The van der Waals surface area contributed by atoms with Gasteiger partial charge in [-0.3, -0.25) is 0 Å². The van der Waals surface area contributed by atoms with E-state index in [9.17, 15) is 10.0 Å². The van der Waals surface area contributed by atoms with Crippen molar-refractivity contribution in [1.82, 2.24) is 9.55 Å². The van der Waals surface area contributed by atoms with E-state index in [1.807, 2.05) is 0 Å². The molecule has 0 aliphatic heterocycles. The van der Waals surface area contributed by atoms with Gasteiger partial charge in [0, 0.05) is 17.8 Å². The average Bonchev–Trinajstić information content (AvgIpc) is 2.73. The van der Waals surface area contributed by atoms with Gasteiger partial charge < -0.3 is 9.67 Å². The van der Waals surface area contributed by atoms with E-state index in [1.165, 1.54) is 0 Å². The zero-order valence-corrected chi connectivity index (χ0v) is 9.08. The fourth-order valence-corrected chi connectivity index (χ4v) is 2.13. The number of aryl methyl sites for hydroxylation is 1. The SMILES string of the molecule is Cn1cnc2c(N=O)c3ccccc3c(O)c21. The summed E-state index contributed by atoms with van der Waals surface area (Å²) in [5, 5.41) is 14.5. The number of phenols is 1. The van der Waals surface area contributed by atoms with Crippen LogP contribution >= 0.6 is 0 Å². The third kappa shape index (κ3) is 1.16. The summed E-state index contributed by atoms with van der Waals surface area (Å²) in [5.74, 6) is 0.128. The summed E-state index contributed by atoms with van der Waals surface area (Å²) in [5.41, 5.74) is 1.23. The molecule has 1 heterocycles. The minimum absolute atomic E-state index is 0.128. The zero-order chi connectivity index (χ0) is 12.0. The number of nitrogens with zero attached hydrogens (tertiary/aromatic N) is 3. The lowest BCUT2D eigenvalue weighted by atomic mass is 10.1. The van der Waals surface area contributed by atoms with Crippen molar-refractivity contribution in [3.63, 3.8) is 0 Å². The van der Waals surface area contributed by atoms with Crippen LogP contribution in [-0.4, -0.2) is 14.7 Å². The van der Waals surface area contributed by atoms with Crippen molar-refractivity contribution in [3.8, 4) is 5.75 Å². The van der Waals surface area contributed by atoms with Crippen LogP contribution in [0.5, 0.6) is 5.75 Å². The molecule has 0 bridgehead atoms. The first-order valence-corrected chi connectivity index (χ1v) is 5.12. The highest BCUT2D eigenvalue weighted by molar-refractivity contribution is 6.12. The predicted molar refractivity (Wildman–Crippen MR) is 65.3 cm³/mol. The summed E-state index contributed by atoms with van der Waals surface area (Å²) in [6, 6.07) is 7.11. The number of benzene rings is 2. The first-order chi connectivity index (χ1) is 8.24. The van der Waals surface area contributed by atoms with Crippen LogP contribution in [0, 0.1) is 4.91 Å². The van der Waals surface area contributed by atoms with E-state index in [-0.39, 0.29) is 11.4 Å². The van der Waals surface area contributed by atoms with E-state index in [4.69, 9.17) is 0 Å². The van der Waals surface area contributed by atoms with Crippen molar-refractivity contribution >= 4 is 27.5 Å². The molecule has 5 nitrogen and oxygen atoms in total. The Kier molecular flexibility index (Phi) is 1.89. The maximum atomic E-state index is 11.0. The van der Waals surface area contributed by atoms with Crippen LogP contribution in [0.1, 0.15) is 0 Å². The Hall–Kier alpha value is -2.43. The standard InChI is InChI=1S/C12H9N3O2/c1-15-6-13-10-9(14-17)7-4-2-3-5-8(7)12(16)11(10)15/h2-6,16H,1H3. The van der Waals surface area contributed by atoms with Gasteiger partial charge >= 0.3 is 0 Å². The van der Waals surface area contributed by atoms with Crippen LogP contribution in [0.2, 0.25) is 0 Å². The van der Waals surface area contributed by atoms with Gasteiger partial charge in [0.15, 0.2) is 0 Å². The van der Waals surface area contributed by atoms with Crippen molar-refractivity contribution in [3.05, 3.63) is 35.5 Å². The molecule has 0 aliphatic rings. The van der Waals surface area contributed by atoms with Gasteiger partial charge in [-0.1, -0.05) is 24.3 Å². The van der Waals surface area contributed by atoms with E-state index < -0.39 is 0 Å². The maximum absolute atomic E-state index is 11.0. The van der Waals surface area contributed by atoms with Crippen LogP contribution in [0.25, 0.3) is 21.8 Å². The molecular formula is C12H9N3O2. The van der Waals surface area contributed by atoms with Gasteiger partial charge in [0.2, 0.25) is 0 Å². The molecule has 0 spiro atoms. The molecule has 0 aliphatic carbocycles. The highest BCUT2D eigenvalue weighted by Crippen LogP contribution is 2.40. The molecule has 1 aromatic heterocycles. The fourth-order valence-electron chi connectivity index (χ4n) is 2.13. The molecule has 0 fully saturated rings. The highest BCUT2D eigenvalue weighted by Gasteiger charge is 2.16. The normalized spacial score (nSPS) is 11.1. The molecular weight excluding hydrogens is 218 g/mol. The lowest BCUT2D eigenvalue weighted by Crippen LogP contribution is -1.86. The summed E-state index contributed by atoms with van der Waals surface area (Å²) < 4.78 is 1.67. The topological polar surface area (TPSA) is 67.5 Å². The number of nitroso groups, excluding NO2 is 1. The number of aromatic nitrogens is 2. The Morgan fingerprint density at radius 1 is 1.29 bits per heavy atom. The Morgan fingerprint density at radius 2 is 2.00 bits per heavy atom. The number of hydrogen-bond acceptors (Lipinski definition) is 4. The Morgan fingerprint density at radius 3 is 2.71 bits per heavy atom. The first kappa shape index (κ1) is 9.77. The van der Waals surface area contributed by atoms with Crippen molar-refractivity contribution < 1.29 is 5.11 Å². The van der Waals surface area contributed by atoms with Gasteiger partial charge in [-0.15, -0.1) is 4.91 Å². The van der Waals surface area contributed by atoms with Gasteiger partial charge in [0.05, 0.1) is 6.33 Å². The second kappa shape index (κ2) is 3.28. The van der Waals surface area contributed by atoms with E-state index in [2.05, 4.69) is 10.2 Å². The van der Waals surface area contributed by atoms with Crippen molar-refractivity contribution in [2.75, 3.05) is 0 Å². The van der Waals surface area contributed by atoms with E-state index in [0.717, 1.165) is 0 Å². The molecule has 0 unspecified atom stereocenters. The van der Waals surface area contributed by atoms with Gasteiger partial charge in [-0.25, -0.2) is 4.98 Å². The maximum Gasteiger partial charge on any atom is 0.149 e. The summed E-state index contributed by atoms with van der Waals surface area (Å²) in [4.78, 5) is 15.1. The Bertz CT molecular complexity index is 746. The average molecular weight is 227 g/mol. The predicted octanol–water partition coefficient (Wildman–Crippen LogP) is 2.83. The molecule has 2 aromatic carbocycles. The second-order valence-corrected chi connectivity index (χ2v) is 3.89. The minimum Gasteiger partial charge on any atom is -0.505 e. The number of imidazole rings is 1. The van der Waals surface area contributed by atoms with E-state index in [1.54, 1.807) is 42.2 Å². The Labute approximate surface area is 96.3 Å². The molecule has 84 valence electrons. The Balaban J connectivity index is 2.70. The van der Waals surface area contributed by atoms with Gasteiger partial charge in [0.1, 0.15) is 22.5 Å². The summed E-state index contributed by atoms with van der Waals surface area (Å²) in [7, 11) is 1.76. The molecule has 0 amide bonds. The first-order valence-electron chi connectivity index (χ1n) is 5.12. The van der Waals surface area contributed by atoms with Crippen LogP contribution in [0.15, 0.2) is 35.8 Å². The zero-order valence-electron chi connectivity index (χ0n) is 9.08. The molecule has 5 heteroatoms. The quantitative estimate of drug-likeness (QED) is 0.650. The van der Waals surface area contributed by atoms with Crippen molar-refractivity contribution in [2.45, 2.75) is 0 Å². The fraction of sp³-hybridized carbons (Fsp3) is 0.0833. The van der Waals surface area contributed by atoms with Crippen molar-refractivity contribution in [1.29, 1.82) is 0 Å². The minimum atomic E-state index is 0.128. The molecule has 0 saturated heterocycles. The van der Waals surface area contributed by atoms with Crippen molar-refractivity contribution in [2.24, 2.45) is 12.2 Å². The monoisotopic (exact) mass is 227 g/mol. The number of fused-ring (bicyclic) bond motifs is 2. The van der Waals surface area contributed by atoms with E-state index >= 15 is 0 Å². The molecule has 3 rings (SSSR count). The second-order valence-electron chi connectivity index (χ2n) is 3.89. The molecule has 0 atom stereocenters. The smallest absolute Gasteiger partial charge is 0.149 e. The van der Waals surface area contributed by atoms with Gasteiger partial charge in [0.25, 0.3) is 0 Å². The highest BCUT2D eigenvalue weighted by atomic mass is 16.3. The number of hydrogen-bond donors (Lipinski definition) is 1. The van der Waals surface area contributed by atoms with Gasteiger partial charge in [-0.2, -0.15) is 0 Å². The number of phenolic OH excluding ortho intramolecular Hbond substituents is 1. The molecule has 0 saturated carbocycles. The lowest BCUT2D eigenvalue weighted by molar-refractivity contribution is 0.485. The molecule has 1 N–H and O–H groups in total. The van der Waals surface area contributed by atoms with Crippen LogP contribution in [-0.2, 0) is 7.05 Å². The molecule has 3 aromatic rings. The number of rotatable bonds is 1. The third-order valence-corrected chi connectivity index (χ3v) is 2.91. The number of aromatic hydroxyl groups is 1. The van der Waals surface area contributed by atoms with E-state index in [0.29, 0.717) is 21.8 Å². The van der Waals surface area contributed by atoms with Crippen LogP contribution in [0.4, 0.5) is 5.69 Å². The van der Waals surface area contributed by atoms with Crippen LogP contribution in [0.3, 0.4) is 0 Å². The van der Waals surface area contributed by atoms with Gasteiger partial charge in [-0.05, 0) is 5.18 Å². The summed E-state index contributed by atoms with van der Waals surface area (Å²) in [6.45, 7) is 0. The molecule has 0 radical (unpaired) electrons. The molecule has 17 heavy (non-hydrogen) atoms. The lowest BCUT2D eigenvalue weighted by Gasteiger charge is -2.05. The largest absolute Gasteiger partial charge is 0.505 e. The van der Waals surface area contributed by atoms with Crippen LogP contribution < -0.4 is 0 Å². The summed E-state index contributed by atoms with van der Waals surface area (Å²) in [6.07, 6.45) is 1.55. The third-order valence-electron chi connectivity index (χ3n) is 2.91. The summed E-state index contributed by atoms with van der Waals surface area (Å²) >= 11 is 0.